The first-order valence-corrected chi connectivity index (χ1v) is 7.78. The van der Waals surface area contributed by atoms with Crippen molar-refractivity contribution in [3.05, 3.63) is 0 Å². The molecule has 2 fully saturated rings. The van der Waals surface area contributed by atoms with E-state index in [9.17, 15) is 14.7 Å². The van der Waals surface area contributed by atoms with Crippen LogP contribution in [0.15, 0.2) is 0 Å². The number of hydrogen-bond donors (Lipinski definition) is 1. The van der Waals surface area contributed by atoms with Gasteiger partial charge in [0, 0.05) is 13.1 Å². The van der Waals surface area contributed by atoms with Gasteiger partial charge in [0.15, 0.2) is 0 Å². The van der Waals surface area contributed by atoms with Gasteiger partial charge in [-0.05, 0) is 18.8 Å². The Morgan fingerprint density at radius 3 is 2.40 bits per heavy atom. The third-order valence-corrected chi connectivity index (χ3v) is 4.51. The van der Waals surface area contributed by atoms with Gasteiger partial charge in [-0.2, -0.15) is 0 Å². The van der Waals surface area contributed by atoms with Crippen LogP contribution in [0.4, 0.5) is 0 Å². The Bertz CT molecular complexity index is 333. The lowest BCUT2D eigenvalue weighted by Crippen LogP contribution is -2.45. The highest BCUT2D eigenvalue weighted by atomic mass is 16.5. The Morgan fingerprint density at radius 2 is 1.80 bits per heavy atom. The van der Waals surface area contributed by atoms with Gasteiger partial charge in [0.05, 0.1) is 13.2 Å². The Hall–Kier alpha value is -1.10. The van der Waals surface area contributed by atoms with Gasteiger partial charge >= 0.3 is 5.97 Å². The van der Waals surface area contributed by atoms with E-state index in [0.717, 1.165) is 6.42 Å². The van der Waals surface area contributed by atoms with Gasteiger partial charge in [0.2, 0.25) is 5.91 Å². The Morgan fingerprint density at radius 1 is 1.15 bits per heavy atom. The van der Waals surface area contributed by atoms with Crippen molar-refractivity contribution < 1.29 is 19.4 Å². The minimum absolute atomic E-state index is 0.225. The zero-order valence-corrected chi connectivity index (χ0v) is 12.1. The number of amides is 1. The molecule has 5 nitrogen and oxygen atoms in total. The van der Waals surface area contributed by atoms with Crippen LogP contribution in [-0.4, -0.2) is 48.2 Å². The lowest BCUT2D eigenvalue weighted by molar-refractivity contribution is -0.153. The largest absolute Gasteiger partial charge is 0.481 e. The highest BCUT2D eigenvalue weighted by molar-refractivity contribution is 5.96. The van der Waals surface area contributed by atoms with Crippen LogP contribution in [0.3, 0.4) is 0 Å². The summed E-state index contributed by atoms with van der Waals surface area (Å²) in [4.78, 5) is 25.3. The molecule has 1 amide bonds. The molecule has 1 aliphatic heterocycles. The normalized spacial score (nSPS) is 22.5. The topological polar surface area (TPSA) is 66.8 Å². The van der Waals surface area contributed by atoms with Crippen molar-refractivity contribution in [2.24, 2.45) is 11.8 Å². The van der Waals surface area contributed by atoms with Crippen LogP contribution in [0.25, 0.3) is 0 Å². The van der Waals surface area contributed by atoms with E-state index in [-0.39, 0.29) is 5.91 Å². The molecule has 114 valence electrons. The van der Waals surface area contributed by atoms with E-state index in [1.165, 1.54) is 32.1 Å². The second-order valence-corrected chi connectivity index (χ2v) is 5.91. The van der Waals surface area contributed by atoms with Crippen molar-refractivity contribution in [2.75, 3.05) is 26.3 Å². The lowest BCUT2D eigenvalue weighted by atomic mass is 9.84. The summed E-state index contributed by atoms with van der Waals surface area (Å²) < 4.78 is 5.20. The predicted molar refractivity (Wildman–Crippen MR) is 74.3 cm³/mol. The molecular weight excluding hydrogens is 258 g/mol. The number of carbonyl (C=O) groups is 2. The number of morpholine rings is 1. The maximum atomic E-state index is 12.3. The summed E-state index contributed by atoms with van der Waals surface area (Å²) in [6.07, 6.45) is 7.53. The second kappa shape index (κ2) is 7.62. The molecule has 0 aromatic heterocycles. The fourth-order valence-electron chi connectivity index (χ4n) is 3.23. The molecule has 0 radical (unpaired) electrons. The standard InChI is InChI=1S/C15H25NO4/c17-14(16-8-10-20-11-9-16)13(15(18)19)7-6-12-4-2-1-3-5-12/h12-13H,1-11H2,(H,18,19). The third kappa shape index (κ3) is 4.20. The van der Waals surface area contributed by atoms with Gasteiger partial charge in [0.25, 0.3) is 0 Å². The quantitative estimate of drug-likeness (QED) is 0.783. The fraction of sp³-hybridized carbons (Fsp3) is 0.867. The number of nitrogens with zero attached hydrogens (tertiary/aromatic N) is 1. The SMILES string of the molecule is O=C(O)C(CCC1CCCCC1)C(=O)N1CCOCC1. The molecular formula is C15H25NO4. The third-order valence-electron chi connectivity index (χ3n) is 4.51. The van der Waals surface area contributed by atoms with Crippen molar-refractivity contribution in [3.63, 3.8) is 0 Å². The number of carboxylic acids is 1. The van der Waals surface area contributed by atoms with E-state index < -0.39 is 11.9 Å². The van der Waals surface area contributed by atoms with Crippen molar-refractivity contribution in [2.45, 2.75) is 44.9 Å². The highest BCUT2D eigenvalue weighted by Crippen LogP contribution is 2.29. The summed E-state index contributed by atoms with van der Waals surface area (Å²) in [6, 6.07) is 0. The average molecular weight is 283 g/mol. The predicted octanol–water partition coefficient (Wildman–Crippen LogP) is 1.91. The van der Waals surface area contributed by atoms with E-state index >= 15 is 0 Å². The summed E-state index contributed by atoms with van der Waals surface area (Å²) in [7, 11) is 0. The smallest absolute Gasteiger partial charge is 0.316 e. The maximum Gasteiger partial charge on any atom is 0.316 e. The first kappa shape index (κ1) is 15.3. The Balaban J connectivity index is 1.85. The molecule has 0 spiro atoms. The molecule has 1 N–H and O–H groups in total. The average Bonchev–Trinajstić information content (AvgIpc) is 2.49. The van der Waals surface area contributed by atoms with Crippen LogP contribution in [0.2, 0.25) is 0 Å². The number of rotatable bonds is 5. The monoisotopic (exact) mass is 283 g/mol. The van der Waals surface area contributed by atoms with Gasteiger partial charge in [-0.1, -0.05) is 32.1 Å². The molecule has 1 unspecified atom stereocenters. The van der Waals surface area contributed by atoms with Crippen LogP contribution >= 0.6 is 0 Å². The molecule has 1 aliphatic carbocycles. The molecule has 0 bridgehead atoms. The number of carbonyl (C=O) groups excluding carboxylic acids is 1. The molecule has 0 aromatic carbocycles. The Labute approximate surface area is 120 Å². The maximum absolute atomic E-state index is 12.3. The minimum atomic E-state index is -0.975. The number of ether oxygens (including phenoxy) is 1. The van der Waals surface area contributed by atoms with Crippen LogP contribution in [0, 0.1) is 11.8 Å². The van der Waals surface area contributed by atoms with Gasteiger partial charge in [-0.3, -0.25) is 9.59 Å². The summed E-state index contributed by atoms with van der Waals surface area (Å²) in [5.74, 6) is -1.45. The van der Waals surface area contributed by atoms with Crippen LogP contribution in [-0.2, 0) is 14.3 Å². The van der Waals surface area contributed by atoms with E-state index in [2.05, 4.69) is 0 Å². The van der Waals surface area contributed by atoms with Crippen molar-refractivity contribution >= 4 is 11.9 Å². The molecule has 2 rings (SSSR count). The van der Waals surface area contributed by atoms with Crippen LogP contribution < -0.4 is 0 Å². The fourth-order valence-corrected chi connectivity index (χ4v) is 3.23. The number of aliphatic carboxylic acids is 1. The first-order chi connectivity index (χ1) is 9.68. The van der Waals surface area contributed by atoms with E-state index in [0.29, 0.717) is 38.6 Å². The van der Waals surface area contributed by atoms with Crippen molar-refractivity contribution in [1.29, 1.82) is 0 Å². The van der Waals surface area contributed by atoms with Gasteiger partial charge < -0.3 is 14.7 Å². The molecule has 1 heterocycles. The van der Waals surface area contributed by atoms with Gasteiger partial charge in [-0.15, -0.1) is 0 Å². The first-order valence-electron chi connectivity index (χ1n) is 7.78. The highest BCUT2D eigenvalue weighted by Gasteiger charge is 2.31. The van der Waals surface area contributed by atoms with Crippen LogP contribution in [0.1, 0.15) is 44.9 Å². The molecule has 1 saturated heterocycles. The van der Waals surface area contributed by atoms with Gasteiger partial charge in [0.1, 0.15) is 5.92 Å². The number of hydrogen-bond acceptors (Lipinski definition) is 3. The number of carboxylic acid groups (broad SMARTS) is 1. The zero-order chi connectivity index (χ0) is 14.4. The van der Waals surface area contributed by atoms with Crippen LogP contribution in [0.5, 0.6) is 0 Å². The molecule has 1 saturated carbocycles. The van der Waals surface area contributed by atoms with E-state index in [1.807, 2.05) is 0 Å². The minimum Gasteiger partial charge on any atom is -0.481 e. The lowest BCUT2D eigenvalue weighted by Gasteiger charge is -2.30. The van der Waals surface area contributed by atoms with Gasteiger partial charge in [-0.25, -0.2) is 0 Å². The molecule has 0 aromatic rings. The van der Waals surface area contributed by atoms with Crippen molar-refractivity contribution in [1.82, 2.24) is 4.90 Å². The second-order valence-electron chi connectivity index (χ2n) is 5.91. The summed E-state index contributed by atoms with van der Waals surface area (Å²) >= 11 is 0. The van der Waals surface area contributed by atoms with Crippen molar-refractivity contribution in [3.8, 4) is 0 Å². The summed E-state index contributed by atoms with van der Waals surface area (Å²) in [5.41, 5.74) is 0. The molecule has 5 heteroatoms. The molecule has 1 atom stereocenters. The molecule has 20 heavy (non-hydrogen) atoms. The van der Waals surface area contributed by atoms with E-state index in [1.54, 1.807) is 4.90 Å². The molecule has 2 aliphatic rings. The van der Waals surface area contributed by atoms with E-state index in [4.69, 9.17) is 4.74 Å². The summed E-state index contributed by atoms with van der Waals surface area (Å²) in [5, 5.41) is 9.33. The Kier molecular flexibility index (Phi) is 5.83. The summed E-state index contributed by atoms with van der Waals surface area (Å²) in [6.45, 7) is 2.07. The zero-order valence-electron chi connectivity index (χ0n) is 12.1.